The van der Waals surface area contributed by atoms with Gasteiger partial charge in [-0.05, 0) is 31.5 Å². The van der Waals surface area contributed by atoms with Gasteiger partial charge >= 0.3 is 6.18 Å². The van der Waals surface area contributed by atoms with Crippen LogP contribution in [0.3, 0.4) is 0 Å². The average molecular weight is 260 g/mol. The zero-order valence-electron chi connectivity index (χ0n) is 10.7. The summed E-state index contributed by atoms with van der Waals surface area (Å²) < 4.78 is 38.1. The molecule has 2 nitrogen and oxygen atoms in total. The fourth-order valence-electron chi connectivity index (χ4n) is 1.82. The number of alkyl halides is 3. The van der Waals surface area contributed by atoms with E-state index in [1.54, 1.807) is 4.90 Å². The second kappa shape index (κ2) is 6.09. The molecule has 0 fully saturated rings. The van der Waals surface area contributed by atoms with Crippen molar-refractivity contribution in [3.63, 3.8) is 0 Å². The van der Waals surface area contributed by atoms with E-state index in [-0.39, 0.29) is 13.1 Å². The first-order valence-electron chi connectivity index (χ1n) is 5.96. The summed E-state index contributed by atoms with van der Waals surface area (Å²) in [6, 6.07) is 7.47. The number of nitrogens with two attached hydrogens (primary N) is 1. The van der Waals surface area contributed by atoms with E-state index in [0.29, 0.717) is 6.54 Å². The second-order valence-electron chi connectivity index (χ2n) is 4.35. The van der Waals surface area contributed by atoms with Gasteiger partial charge in [0, 0.05) is 25.3 Å². The Bertz CT molecular complexity index is 377. The summed E-state index contributed by atoms with van der Waals surface area (Å²) in [5.41, 5.74) is 7.06. The Labute approximate surface area is 106 Å². The molecule has 1 aromatic rings. The van der Waals surface area contributed by atoms with Crippen LogP contribution in [0.2, 0.25) is 0 Å². The van der Waals surface area contributed by atoms with Gasteiger partial charge in [0.1, 0.15) is 0 Å². The summed E-state index contributed by atoms with van der Waals surface area (Å²) in [4.78, 5) is 1.71. The topological polar surface area (TPSA) is 29.3 Å². The largest absolute Gasteiger partial charge is 0.394 e. The van der Waals surface area contributed by atoms with Crippen LogP contribution in [0.5, 0.6) is 0 Å². The predicted molar refractivity (Wildman–Crippen MR) is 67.7 cm³/mol. The number of nitrogens with zero attached hydrogens (tertiary/aromatic N) is 1. The molecule has 0 radical (unpaired) electrons. The van der Waals surface area contributed by atoms with Gasteiger partial charge in [0.25, 0.3) is 0 Å². The smallest absolute Gasteiger partial charge is 0.371 e. The van der Waals surface area contributed by atoms with Crippen LogP contribution in [0, 0.1) is 12.8 Å². The van der Waals surface area contributed by atoms with Crippen molar-refractivity contribution in [1.29, 1.82) is 0 Å². The van der Waals surface area contributed by atoms with Crippen molar-refractivity contribution < 1.29 is 13.2 Å². The van der Waals surface area contributed by atoms with Crippen molar-refractivity contribution in [3.8, 4) is 0 Å². The van der Waals surface area contributed by atoms with Crippen LogP contribution in [0.4, 0.5) is 18.9 Å². The molecule has 1 unspecified atom stereocenters. The Kier molecular flexibility index (Phi) is 5.02. The van der Waals surface area contributed by atoms with E-state index in [0.717, 1.165) is 11.3 Å². The lowest BCUT2D eigenvalue weighted by Gasteiger charge is -2.29. The van der Waals surface area contributed by atoms with Crippen molar-refractivity contribution in [1.82, 2.24) is 0 Å². The van der Waals surface area contributed by atoms with Crippen LogP contribution in [0.1, 0.15) is 12.5 Å². The normalized spacial score (nSPS) is 13.4. The quantitative estimate of drug-likeness (QED) is 0.882. The van der Waals surface area contributed by atoms with Crippen molar-refractivity contribution in [2.75, 3.05) is 24.5 Å². The lowest BCUT2D eigenvalue weighted by atomic mass is 10.1. The monoisotopic (exact) mass is 260 g/mol. The Morgan fingerprint density at radius 3 is 2.44 bits per heavy atom. The number of anilines is 1. The van der Waals surface area contributed by atoms with Gasteiger partial charge in [0.15, 0.2) is 0 Å². The maximum Gasteiger partial charge on any atom is 0.394 e. The fourth-order valence-corrected chi connectivity index (χ4v) is 1.82. The number of halogens is 3. The van der Waals surface area contributed by atoms with E-state index in [1.165, 1.54) is 0 Å². The number of aryl methyl sites for hydroxylation is 1. The molecule has 0 saturated carbocycles. The van der Waals surface area contributed by atoms with Gasteiger partial charge in [-0.25, -0.2) is 0 Å². The lowest BCUT2D eigenvalue weighted by Crippen LogP contribution is -2.41. The summed E-state index contributed by atoms with van der Waals surface area (Å²) in [5, 5.41) is 0. The Balaban J connectivity index is 2.84. The molecule has 102 valence electrons. The molecule has 18 heavy (non-hydrogen) atoms. The third-order valence-corrected chi connectivity index (χ3v) is 2.94. The third-order valence-electron chi connectivity index (χ3n) is 2.94. The number of rotatable bonds is 5. The summed E-state index contributed by atoms with van der Waals surface area (Å²) in [7, 11) is 0. The Hall–Kier alpha value is -1.23. The molecule has 0 bridgehead atoms. The maximum absolute atomic E-state index is 12.7. The molecular formula is C13H19F3N2. The highest BCUT2D eigenvalue weighted by Gasteiger charge is 2.39. The highest BCUT2D eigenvalue weighted by atomic mass is 19.4. The Morgan fingerprint density at radius 1 is 1.33 bits per heavy atom. The van der Waals surface area contributed by atoms with Gasteiger partial charge in [-0.15, -0.1) is 0 Å². The van der Waals surface area contributed by atoms with Gasteiger partial charge < -0.3 is 10.6 Å². The van der Waals surface area contributed by atoms with Gasteiger partial charge in [0.2, 0.25) is 0 Å². The van der Waals surface area contributed by atoms with E-state index in [9.17, 15) is 13.2 Å². The summed E-state index contributed by atoms with van der Waals surface area (Å²) in [6.07, 6.45) is -4.24. The van der Waals surface area contributed by atoms with Gasteiger partial charge in [-0.2, -0.15) is 13.2 Å². The molecule has 0 aliphatic carbocycles. The first-order chi connectivity index (χ1) is 8.38. The first kappa shape index (κ1) is 14.8. The van der Waals surface area contributed by atoms with E-state index >= 15 is 0 Å². The van der Waals surface area contributed by atoms with E-state index in [4.69, 9.17) is 5.73 Å². The molecule has 1 rings (SSSR count). The van der Waals surface area contributed by atoms with Crippen LogP contribution in [-0.2, 0) is 0 Å². The van der Waals surface area contributed by atoms with Crippen LogP contribution in [0.25, 0.3) is 0 Å². The average Bonchev–Trinajstić information content (AvgIpc) is 2.28. The minimum absolute atomic E-state index is 0.0973. The predicted octanol–water partition coefficient (Wildman–Crippen LogP) is 2.96. The summed E-state index contributed by atoms with van der Waals surface area (Å²) >= 11 is 0. The molecule has 0 saturated heterocycles. The maximum atomic E-state index is 12.7. The molecule has 0 aliphatic rings. The van der Waals surface area contributed by atoms with Gasteiger partial charge in [-0.1, -0.05) is 12.1 Å². The van der Waals surface area contributed by atoms with Crippen molar-refractivity contribution >= 4 is 5.69 Å². The number of hydrogen-bond donors (Lipinski definition) is 1. The minimum Gasteiger partial charge on any atom is -0.371 e. The van der Waals surface area contributed by atoms with E-state index < -0.39 is 12.1 Å². The molecule has 0 heterocycles. The molecule has 0 spiro atoms. The minimum atomic E-state index is -4.24. The SMILES string of the molecule is CCN(CC(CN)C(F)(F)F)c1cccc(C)c1. The molecule has 0 aliphatic heterocycles. The van der Waals surface area contributed by atoms with Crippen molar-refractivity contribution in [2.45, 2.75) is 20.0 Å². The first-order valence-corrected chi connectivity index (χ1v) is 5.96. The van der Waals surface area contributed by atoms with Crippen LogP contribution in [-0.4, -0.2) is 25.8 Å². The Morgan fingerprint density at radius 2 is 2.00 bits per heavy atom. The van der Waals surface area contributed by atoms with Crippen LogP contribution < -0.4 is 10.6 Å². The standard InChI is InChI=1S/C13H19F3N2/c1-3-18(9-11(8-17)13(14,15)16)12-6-4-5-10(2)7-12/h4-7,11H,3,8-9,17H2,1-2H3. The molecule has 5 heteroatoms. The van der Waals surface area contributed by atoms with Gasteiger partial charge in [0.05, 0.1) is 5.92 Å². The molecule has 2 N–H and O–H groups in total. The lowest BCUT2D eigenvalue weighted by molar-refractivity contribution is -0.168. The zero-order valence-corrected chi connectivity index (χ0v) is 10.7. The number of hydrogen-bond acceptors (Lipinski definition) is 2. The van der Waals surface area contributed by atoms with Crippen LogP contribution >= 0.6 is 0 Å². The highest BCUT2D eigenvalue weighted by molar-refractivity contribution is 5.48. The summed E-state index contributed by atoms with van der Waals surface area (Å²) in [5.74, 6) is -1.49. The highest BCUT2D eigenvalue weighted by Crippen LogP contribution is 2.28. The fraction of sp³-hybridized carbons (Fsp3) is 0.538. The molecule has 1 atom stereocenters. The molecule has 0 amide bonds. The summed E-state index contributed by atoms with van der Waals surface area (Å²) in [6.45, 7) is 3.80. The van der Waals surface area contributed by atoms with Crippen LogP contribution in [0.15, 0.2) is 24.3 Å². The third kappa shape index (κ3) is 3.91. The molecular weight excluding hydrogens is 241 g/mol. The zero-order chi connectivity index (χ0) is 13.8. The molecule has 0 aromatic heterocycles. The van der Waals surface area contributed by atoms with Crippen molar-refractivity contribution in [2.24, 2.45) is 11.7 Å². The molecule has 1 aromatic carbocycles. The van der Waals surface area contributed by atoms with Gasteiger partial charge in [-0.3, -0.25) is 0 Å². The van der Waals surface area contributed by atoms with Crippen molar-refractivity contribution in [3.05, 3.63) is 29.8 Å². The second-order valence-corrected chi connectivity index (χ2v) is 4.35. The van der Waals surface area contributed by atoms with E-state index in [2.05, 4.69) is 0 Å². The van der Waals surface area contributed by atoms with E-state index in [1.807, 2.05) is 38.1 Å². The number of benzene rings is 1.